The normalized spacial score (nSPS) is 11.4. The number of anilines is 1. The van der Waals surface area contributed by atoms with E-state index in [0.717, 1.165) is 24.4 Å². The Kier molecular flexibility index (Phi) is 4.66. The quantitative estimate of drug-likeness (QED) is 0.574. The van der Waals surface area contributed by atoms with Gasteiger partial charge in [0.25, 0.3) is 10.0 Å². The van der Waals surface area contributed by atoms with Gasteiger partial charge in [-0.05, 0) is 29.8 Å². The van der Waals surface area contributed by atoms with Crippen LogP contribution >= 0.6 is 0 Å². The maximum Gasteiger partial charge on any atom is 0.352 e. The number of carboxylic acid groups (broad SMARTS) is 1. The number of aromatic nitrogens is 1. The summed E-state index contributed by atoms with van der Waals surface area (Å²) in [5, 5.41) is 8.87. The molecule has 0 radical (unpaired) electrons. The first-order valence-corrected chi connectivity index (χ1v) is 8.86. The van der Waals surface area contributed by atoms with Crippen LogP contribution in [0.2, 0.25) is 0 Å². The number of aromatic amines is 1. The van der Waals surface area contributed by atoms with Gasteiger partial charge in [-0.25, -0.2) is 26.4 Å². The van der Waals surface area contributed by atoms with Crippen molar-refractivity contribution in [3.05, 3.63) is 71.8 Å². The number of nitrogens with one attached hydrogen (secondary N) is 2. The lowest BCUT2D eigenvalue weighted by atomic mass is 10.0. The number of carboxylic acids is 1. The van der Waals surface area contributed by atoms with Crippen LogP contribution < -0.4 is 4.72 Å². The summed E-state index contributed by atoms with van der Waals surface area (Å²) in [6, 6.07) is 8.13. The van der Waals surface area contributed by atoms with Crippen molar-refractivity contribution in [2.75, 3.05) is 4.72 Å². The van der Waals surface area contributed by atoms with Crippen molar-refractivity contribution in [3.63, 3.8) is 0 Å². The average molecular weight is 396 g/mol. The predicted octanol–water partition coefficient (Wildman–Crippen LogP) is 3.60. The fraction of sp³-hybridized carbons (Fsp3) is 0. The highest BCUT2D eigenvalue weighted by Gasteiger charge is 2.21. The number of hydrogen-bond donors (Lipinski definition) is 3. The van der Waals surface area contributed by atoms with Gasteiger partial charge in [-0.2, -0.15) is 0 Å². The Morgan fingerprint density at radius 1 is 1.04 bits per heavy atom. The molecule has 0 amide bonds. The number of halogens is 3. The van der Waals surface area contributed by atoms with Gasteiger partial charge in [-0.3, -0.25) is 4.72 Å². The molecule has 2 aromatic carbocycles. The van der Waals surface area contributed by atoms with Crippen LogP contribution in [0.1, 0.15) is 10.5 Å². The second kappa shape index (κ2) is 6.80. The molecule has 1 aromatic heterocycles. The van der Waals surface area contributed by atoms with Crippen LogP contribution in [0.3, 0.4) is 0 Å². The Bertz CT molecular complexity index is 1120. The maximum atomic E-state index is 13.5. The molecule has 1 heterocycles. The van der Waals surface area contributed by atoms with Gasteiger partial charge in [0.2, 0.25) is 0 Å². The Morgan fingerprint density at radius 2 is 1.67 bits per heavy atom. The van der Waals surface area contributed by atoms with E-state index in [0.29, 0.717) is 0 Å². The SMILES string of the molecule is O=C(O)c1cc(S(=O)(=O)Nc2ccccc2-c2cc(F)c(F)c(F)c2)c[nH]1. The van der Waals surface area contributed by atoms with E-state index in [1.165, 1.54) is 24.3 Å². The Labute approximate surface area is 151 Å². The van der Waals surface area contributed by atoms with Crippen molar-refractivity contribution < 1.29 is 31.5 Å². The third-order valence-corrected chi connectivity index (χ3v) is 5.01. The highest BCUT2D eigenvalue weighted by atomic mass is 32.2. The van der Waals surface area contributed by atoms with Crippen LogP contribution in [0.5, 0.6) is 0 Å². The smallest absolute Gasteiger partial charge is 0.352 e. The standard InChI is InChI=1S/C17H11F3N2O4S/c18-12-5-9(6-13(19)16(12)20)11-3-1-2-4-14(11)22-27(25,26)10-7-15(17(23)24)21-8-10/h1-8,21-22H,(H,23,24). The number of H-pyrrole nitrogens is 1. The number of aromatic carboxylic acids is 1. The van der Waals surface area contributed by atoms with Crippen molar-refractivity contribution in [3.8, 4) is 11.1 Å². The molecular weight excluding hydrogens is 385 g/mol. The fourth-order valence-electron chi connectivity index (χ4n) is 2.39. The third kappa shape index (κ3) is 3.65. The van der Waals surface area contributed by atoms with Crippen molar-refractivity contribution in [2.24, 2.45) is 0 Å². The van der Waals surface area contributed by atoms with Gasteiger partial charge < -0.3 is 10.1 Å². The van der Waals surface area contributed by atoms with E-state index in [1.807, 2.05) is 0 Å². The minimum absolute atomic E-state index is 0.0269. The molecule has 0 bridgehead atoms. The van der Waals surface area contributed by atoms with E-state index in [-0.39, 0.29) is 27.4 Å². The van der Waals surface area contributed by atoms with Crippen LogP contribution in [0.25, 0.3) is 11.1 Å². The van der Waals surface area contributed by atoms with Crippen LogP contribution in [0.15, 0.2) is 53.6 Å². The first-order valence-electron chi connectivity index (χ1n) is 7.37. The molecule has 6 nitrogen and oxygen atoms in total. The summed E-state index contributed by atoms with van der Waals surface area (Å²) < 4.78 is 67.4. The van der Waals surface area contributed by atoms with Crippen molar-refractivity contribution in [2.45, 2.75) is 4.90 Å². The highest BCUT2D eigenvalue weighted by Crippen LogP contribution is 2.31. The van der Waals surface area contributed by atoms with Crippen molar-refractivity contribution in [1.29, 1.82) is 0 Å². The largest absolute Gasteiger partial charge is 0.477 e. The molecule has 3 aromatic rings. The molecule has 27 heavy (non-hydrogen) atoms. The predicted molar refractivity (Wildman–Crippen MR) is 90.3 cm³/mol. The van der Waals surface area contributed by atoms with Gasteiger partial charge in [0.05, 0.1) is 5.69 Å². The van der Waals surface area contributed by atoms with Gasteiger partial charge in [0.15, 0.2) is 17.5 Å². The Hall–Kier alpha value is -3.27. The Morgan fingerprint density at radius 3 is 2.26 bits per heavy atom. The van der Waals surface area contributed by atoms with Gasteiger partial charge in [-0.1, -0.05) is 18.2 Å². The van der Waals surface area contributed by atoms with E-state index < -0.39 is 33.4 Å². The molecule has 140 valence electrons. The van der Waals surface area contributed by atoms with Gasteiger partial charge in [0, 0.05) is 11.8 Å². The highest BCUT2D eigenvalue weighted by molar-refractivity contribution is 7.92. The molecule has 0 atom stereocenters. The molecule has 0 aliphatic carbocycles. The topological polar surface area (TPSA) is 99.3 Å². The summed E-state index contributed by atoms with van der Waals surface area (Å²) in [5.41, 5.74) is -0.329. The van der Waals surface area contributed by atoms with Crippen LogP contribution in [0, 0.1) is 17.5 Å². The number of benzene rings is 2. The number of rotatable bonds is 5. The van der Waals surface area contributed by atoms with Crippen molar-refractivity contribution >= 4 is 21.7 Å². The number of sulfonamides is 1. The van der Waals surface area contributed by atoms with E-state index in [2.05, 4.69) is 9.71 Å². The third-order valence-electron chi connectivity index (χ3n) is 3.66. The molecule has 0 aliphatic rings. The summed E-state index contributed by atoms with van der Waals surface area (Å²) in [4.78, 5) is 12.8. The molecule has 0 spiro atoms. The fourth-order valence-corrected chi connectivity index (χ4v) is 3.46. The van der Waals surface area contributed by atoms with E-state index >= 15 is 0 Å². The summed E-state index contributed by atoms with van der Waals surface area (Å²) in [5.74, 6) is -5.81. The zero-order chi connectivity index (χ0) is 19.8. The summed E-state index contributed by atoms with van der Waals surface area (Å²) in [7, 11) is -4.19. The molecule has 0 saturated carbocycles. The zero-order valence-corrected chi connectivity index (χ0v) is 14.1. The molecule has 3 rings (SSSR count). The molecule has 0 fully saturated rings. The molecule has 3 N–H and O–H groups in total. The summed E-state index contributed by atoms with van der Waals surface area (Å²) in [6.07, 6.45) is 0.992. The lowest BCUT2D eigenvalue weighted by Gasteiger charge is -2.12. The number of para-hydroxylation sites is 1. The van der Waals surface area contributed by atoms with E-state index in [1.54, 1.807) is 0 Å². The van der Waals surface area contributed by atoms with Gasteiger partial charge in [-0.15, -0.1) is 0 Å². The minimum Gasteiger partial charge on any atom is -0.477 e. The first kappa shape index (κ1) is 18.5. The summed E-state index contributed by atoms with van der Waals surface area (Å²) >= 11 is 0. The lowest BCUT2D eigenvalue weighted by molar-refractivity contribution is 0.0691. The van der Waals surface area contributed by atoms with E-state index in [4.69, 9.17) is 5.11 Å². The number of hydrogen-bond acceptors (Lipinski definition) is 3. The van der Waals surface area contributed by atoms with Gasteiger partial charge in [0.1, 0.15) is 10.6 Å². The molecule has 0 unspecified atom stereocenters. The van der Waals surface area contributed by atoms with Crippen molar-refractivity contribution in [1.82, 2.24) is 4.98 Å². The number of carbonyl (C=O) groups is 1. The van der Waals surface area contributed by atoms with E-state index in [9.17, 15) is 26.4 Å². The average Bonchev–Trinajstić information content (AvgIpc) is 3.11. The molecule has 10 heteroatoms. The molecule has 0 aliphatic heterocycles. The zero-order valence-electron chi connectivity index (χ0n) is 13.3. The molecular formula is C17H11F3N2O4S. The Balaban J connectivity index is 2.02. The monoisotopic (exact) mass is 396 g/mol. The van der Waals surface area contributed by atoms with Gasteiger partial charge >= 0.3 is 5.97 Å². The van der Waals surface area contributed by atoms with Crippen LogP contribution in [0.4, 0.5) is 18.9 Å². The van der Waals surface area contributed by atoms with Crippen LogP contribution in [-0.4, -0.2) is 24.5 Å². The second-order valence-corrected chi connectivity index (χ2v) is 7.14. The second-order valence-electron chi connectivity index (χ2n) is 5.46. The molecule has 0 saturated heterocycles. The lowest BCUT2D eigenvalue weighted by Crippen LogP contribution is -2.13. The van der Waals surface area contributed by atoms with Crippen LogP contribution in [-0.2, 0) is 10.0 Å². The maximum absolute atomic E-state index is 13.5. The summed E-state index contributed by atoms with van der Waals surface area (Å²) in [6.45, 7) is 0. The first-order chi connectivity index (χ1) is 12.7. The minimum atomic E-state index is -4.19.